The third-order valence-electron chi connectivity index (χ3n) is 4.49. The number of benzene rings is 1. The number of thiazole rings is 1. The Morgan fingerprint density at radius 3 is 2.83 bits per heavy atom. The molecule has 1 aromatic carbocycles. The molecule has 0 atom stereocenters. The first-order valence-corrected chi connectivity index (χ1v) is 10.2. The number of aromatic nitrogens is 1. The smallest absolute Gasteiger partial charge is 0.409 e. The average molecular weight is 421 g/mol. The Bertz CT molecular complexity index is 806. The van der Waals surface area contributed by atoms with Gasteiger partial charge in [0.05, 0.1) is 16.4 Å². The highest BCUT2D eigenvalue weighted by molar-refractivity contribution is 7.09. The molecule has 3 N–H and O–H groups in total. The molecule has 0 spiro atoms. The molecular formula is C19H24FN5O3S. The number of halogens is 1. The SMILES string of the molecule is NNC=Nc1ccc(OCc2csc(C3CCN(C(=O)OCCF)CC3)n2)cc1. The summed E-state index contributed by atoms with van der Waals surface area (Å²) in [5.74, 6) is 6.19. The zero-order chi connectivity index (χ0) is 20.5. The molecule has 29 heavy (non-hydrogen) atoms. The van der Waals surface area contributed by atoms with Crippen LogP contribution < -0.4 is 16.0 Å². The van der Waals surface area contributed by atoms with Crippen LogP contribution in [-0.2, 0) is 11.3 Å². The van der Waals surface area contributed by atoms with Crippen LogP contribution in [0.4, 0.5) is 14.9 Å². The first-order valence-electron chi connectivity index (χ1n) is 9.33. The van der Waals surface area contributed by atoms with E-state index < -0.39 is 12.8 Å². The van der Waals surface area contributed by atoms with Gasteiger partial charge in [0.2, 0.25) is 0 Å². The van der Waals surface area contributed by atoms with Crippen molar-refractivity contribution in [2.24, 2.45) is 10.8 Å². The minimum atomic E-state index is -0.657. The molecule has 3 rings (SSSR count). The van der Waals surface area contributed by atoms with Gasteiger partial charge in [-0.3, -0.25) is 0 Å². The average Bonchev–Trinajstić information content (AvgIpc) is 3.24. The maximum absolute atomic E-state index is 12.1. The highest BCUT2D eigenvalue weighted by Gasteiger charge is 2.26. The van der Waals surface area contributed by atoms with Crippen molar-refractivity contribution < 1.29 is 18.7 Å². The summed E-state index contributed by atoms with van der Waals surface area (Å²) >= 11 is 1.61. The molecule has 0 bridgehead atoms. The molecule has 156 valence electrons. The molecule has 1 saturated heterocycles. The van der Waals surface area contributed by atoms with Crippen molar-refractivity contribution in [2.45, 2.75) is 25.4 Å². The topological polar surface area (TPSA) is 102 Å². The van der Waals surface area contributed by atoms with Gasteiger partial charge in [-0.2, -0.15) is 0 Å². The fourth-order valence-corrected chi connectivity index (χ4v) is 3.98. The monoisotopic (exact) mass is 421 g/mol. The van der Waals surface area contributed by atoms with Crippen LogP contribution in [0.3, 0.4) is 0 Å². The molecule has 10 heteroatoms. The van der Waals surface area contributed by atoms with Gasteiger partial charge in [-0.05, 0) is 37.1 Å². The Labute approximate surface area is 172 Å². The number of carbonyl (C=O) groups is 1. The summed E-state index contributed by atoms with van der Waals surface area (Å²) in [6.07, 6.45) is 2.60. The standard InChI is InChI=1S/C19H24FN5O3S/c20-7-10-27-19(26)25-8-5-14(6-9-25)18-24-16(12-29-18)11-28-17-3-1-15(2-4-17)22-13-23-21/h1-4,12-14H,5-11,21H2,(H,22,23). The fraction of sp³-hybridized carbons (Fsp3) is 0.421. The van der Waals surface area contributed by atoms with Crippen molar-refractivity contribution in [1.82, 2.24) is 15.3 Å². The molecule has 0 aliphatic carbocycles. The molecule has 1 amide bonds. The molecule has 0 saturated carbocycles. The Morgan fingerprint density at radius 2 is 2.14 bits per heavy atom. The van der Waals surface area contributed by atoms with Crippen LogP contribution in [0, 0.1) is 0 Å². The van der Waals surface area contributed by atoms with Gasteiger partial charge in [0.1, 0.15) is 32.0 Å². The highest BCUT2D eigenvalue weighted by Crippen LogP contribution is 2.31. The van der Waals surface area contributed by atoms with E-state index in [4.69, 9.17) is 20.3 Å². The number of carbonyl (C=O) groups excluding carboxylic acids is 1. The summed E-state index contributed by atoms with van der Waals surface area (Å²) in [6.45, 7) is 0.731. The zero-order valence-corrected chi connectivity index (χ0v) is 16.7. The molecule has 1 aromatic heterocycles. The van der Waals surface area contributed by atoms with Gasteiger partial charge in [0.15, 0.2) is 0 Å². The van der Waals surface area contributed by atoms with Crippen molar-refractivity contribution in [3.8, 4) is 5.75 Å². The predicted octanol–water partition coefficient (Wildman–Crippen LogP) is 3.13. The van der Waals surface area contributed by atoms with Crippen LogP contribution >= 0.6 is 11.3 Å². The number of amides is 1. The van der Waals surface area contributed by atoms with Gasteiger partial charge < -0.3 is 19.8 Å². The van der Waals surface area contributed by atoms with E-state index in [0.29, 0.717) is 25.6 Å². The Balaban J connectivity index is 1.46. The van der Waals surface area contributed by atoms with Crippen molar-refractivity contribution >= 4 is 29.5 Å². The van der Waals surface area contributed by atoms with Crippen molar-refractivity contribution in [2.75, 3.05) is 26.4 Å². The summed E-state index contributed by atoms with van der Waals surface area (Å²) in [5, 5.41) is 3.06. The largest absolute Gasteiger partial charge is 0.487 e. The molecule has 2 aromatic rings. The van der Waals surface area contributed by atoms with E-state index in [-0.39, 0.29) is 6.61 Å². The second kappa shape index (κ2) is 10.7. The minimum Gasteiger partial charge on any atom is -0.487 e. The number of alkyl halides is 1. The second-order valence-electron chi connectivity index (χ2n) is 6.45. The number of hydrogen-bond donors (Lipinski definition) is 2. The number of hydrogen-bond acceptors (Lipinski definition) is 7. The summed E-state index contributed by atoms with van der Waals surface area (Å²) in [5.41, 5.74) is 4.00. The van der Waals surface area contributed by atoms with E-state index >= 15 is 0 Å². The van der Waals surface area contributed by atoms with Crippen LogP contribution in [0.15, 0.2) is 34.6 Å². The lowest BCUT2D eigenvalue weighted by atomic mass is 9.98. The maximum Gasteiger partial charge on any atom is 0.409 e. The van der Waals surface area contributed by atoms with Crippen LogP contribution in [0.25, 0.3) is 0 Å². The van der Waals surface area contributed by atoms with E-state index in [1.165, 1.54) is 6.34 Å². The molecule has 0 unspecified atom stereocenters. The summed E-state index contributed by atoms with van der Waals surface area (Å²) in [7, 11) is 0. The van der Waals surface area contributed by atoms with E-state index in [1.54, 1.807) is 16.2 Å². The van der Waals surface area contributed by atoms with Crippen LogP contribution in [-0.4, -0.2) is 48.7 Å². The molecule has 1 aliphatic rings. The normalized spacial score (nSPS) is 14.9. The minimum absolute atomic E-state index is 0.185. The van der Waals surface area contributed by atoms with Gasteiger partial charge >= 0.3 is 6.09 Å². The Morgan fingerprint density at radius 1 is 1.38 bits per heavy atom. The van der Waals surface area contributed by atoms with Crippen molar-refractivity contribution in [3.05, 3.63) is 40.3 Å². The van der Waals surface area contributed by atoms with E-state index in [1.807, 2.05) is 29.6 Å². The number of aliphatic imine (C=N–C) groups is 1. The van der Waals surface area contributed by atoms with Crippen LogP contribution in [0.1, 0.15) is 29.5 Å². The van der Waals surface area contributed by atoms with E-state index in [9.17, 15) is 9.18 Å². The molecular weight excluding hydrogens is 397 g/mol. The van der Waals surface area contributed by atoms with Gasteiger partial charge in [0, 0.05) is 24.4 Å². The maximum atomic E-state index is 12.1. The van der Waals surface area contributed by atoms with Gasteiger partial charge in [0.25, 0.3) is 0 Å². The number of nitrogens with zero attached hydrogens (tertiary/aromatic N) is 3. The van der Waals surface area contributed by atoms with Crippen molar-refractivity contribution in [3.63, 3.8) is 0 Å². The highest BCUT2D eigenvalue weighted by atomic mass is 32.1. The number of ether oxygens (including phenoxy) is 2. The molecule has 2 heterocycles. The van der Waals surface area contributed by atoms with E-state index in [0.717, 1.165) is 35.0 Å². The molecule has 8 nitrogen and oxygen atoms in total. The van der Waals surface area contributed by atoms with Gasteiger partial charge in [-0.1, -0.05) is 0 Å². The summed E-state index contributed by atoms with van der Waals surface area (Å²) in [6, 6.07) is 7.35. The van der Waals surface area contributed by atoms with Crippen LogP contribution in [0.5, 0.6) is 5.75 Å². The number of likely N-dealkylation sites (tertiary alicyclic amines) is 1. The molecule has 0 radical (unpaired) electrons. The number of hydrazine groups is 1. The fourth-order valence-electron chi connectivity index (χ4n) is 3.00. The third kappa shape index (κ3) is 6.13. The first-order chi connectivity index (χ1) is 14.2. The summed E-state index contributed by atoms with van der Waals surface area (Å²) < 4.78 is 22.7. The Hall–Kier alpha value is -2.72. The van der Waals surface area contributed by atoms with Gasteiger partial charge in [-0.15, -0.1) is 11.3 Å². The molecule has 1 fully saturated rings. The third-order valence-corrected chi connectivity index (χ3v) is 5.54. The number of nitrogens with two attached hydrogens (primary N) is 1. The quantitative estimate of drug-likeness (QED) is 0.294. The second-order valence-corrected chi connectivity index (χ2v) is 7.34. The van der Waals surface area contributed by atoms with Crippen LogP contribution in [0.2, 0.25) is 0 Å². The lowest BCUT2D eigenvalue weighted by molar-refractivity contribution is 0.0874. The summed E-state index contributed by atoms with van der Waals surface area (Å²) in [4.78, 5) is 22.2. The number of piperidine rings is 1. The number of nitrogens with one attached hydrogen (secondary N) is 1. The van der Waals surface area contributed by atoms with Crippen molar-refractivity contribution in [1.29, 1.82) is 0 Å². The van der Waals surface area contributed by atoms with Gasteiger partial charge in [-0.25, -0.2) is 25.0 Å². The molecule has 1 aliphatic heterocycles. The van der Waals surface area contributed by atoms with E-state index in [2.05, 4.69) is 10.4 Å². The zero-order valence-electron chi connectivity index (χ0n) is 15.9. The first kappa shape index (κ1) is 21.0. The lowest BCUT2D eigenvalue weighted by Crippen LogP contribution is -2.38. The number of rotatable bonds is 8. The predicted molar refractivity (Wildman–Crippen MR) is 109 cm³/mol. The lowest BCUT2D eigenvalue weighted by Gasteiger charge is -2.30. The Kier molecular flexibility index (Phi) is 7.77.